The van der Waals surface area contributed by atoms with Gasteiger partial charge < -0.3 is 4.74 Å². The highest BCUT2D eigenvalue weighted by atomic mass is 127. The summed E-state index contributed by atoms with van der Waals surface area (Å²) in [4.78, 5) is 0.0723. The summed E-state index contributed by atoms with van der Waals surface area (Å²) in [6.07, 6.45) is 0. The summed E-state index contributed by atoms with van der Waals surface area (Å²) >= 11 is 8.06. The van der Waals surface area contributed by atoms with Gasteiger partial charge in [-0.25, -0.2) is 12.8 Å². The standard InChI is InChI=1S/C18H22ClFINO3SSi/c1-27(2,3)11-10-25-12-22-26(23,24)16-7-5-4-6-13(16)14-8-9-15(20)18(21)17(14)19/h4-9,22H,10-12H2,1-3H3. The van der Waals surface area contributed by atoms with Gasteiger partial charge in [0.2, 0.25) is 10.0 Å². The predicted molar refractivity (Wildman–Crippen MR) is 119 cm³/mol. The van der Waals surface area contributed by atoms with Gasteiger partial charge in [0.15, 0.2) is 0 Å². The molecule has 0 aliphatic carbocycles. The van der Waals surface area contributed by atoms with Crippen LogP contribution in [0.5, 0.6) is 0 Å². The maximum absolute atomic E-state index is 13.7. The van der Waals surface area contributed by atoms with E-state index < -0.39 is 23.9 Å². The predicted octanol–water partition coefficient (Wildman–Crippen LogP) is 5.34. The van der Waals surface area contributed by atoms with Crippen molar-refractivity contribution in [3.63, 3.8) is 0 Å². The fraction of sp³-hybridized carbons (Fsp3) is 0.333. The lowest BCUT2D eigenvalue weighted by Crippen LogP contribution is -2.28. The number of ether oxygens (including phenoxy) is 1. The molecule has 0 heterocycles. The molecule has 1 N–H and O–H groups in total. The summed E-state index contributed by atoms with van der Waals surface area (Å²) in [7, 11) is -5.05. The summed E-state index contributed by atoms with van der Waals surface area (Å²) in [6, 6.07) is 10.2. The molecular formula is C18H22ClFINO3SSi. The van der Waals surface area contributed by atoms with Crippen LogP contribution in [0, 0.1) is 9.39 Å². The Morgan fingerprint density at radius 3 is 2.48 bits per heavy atom. The number of benzene rings is 2. The van der Waals surface area contributed by atoms with Crippen LogP contribution in [0.4, 0.5) is 4.39 Å². The van der Waals surface area contributed by atoms with Gasteiger partial charge in [0.1, 0.15) is 12.5 Å². The summed E-state index contributed by atoms with van der Waals surface area (Å²) in [5.41, 5.74) is 0.873. The Balaban J connectivity index is 2.23. The molecule has 0 spiro atoms. The second kappa shape index (κ2) is 9.32. The number of rotatable bonds is 8. The van der Waals surface area contributed by atoms with Crippen LogP contribution in [-0.4, -0.2) is 29.8 Å². The normalized spacial score (nSPS) is 12.4. The van der Waals surface area contributed by atoms with E-state index in [1.165, 1.54) is 18.2 Å². The molecule has 0 aliphatic heterocycles. The van der Waals surface area contributed by atoms with Crippen molar-refractivity contribution in [3.8, 4) is 11.1 Å². The maximum Gasteiger partial charge on any atom is 0.243 e. The molecule has 4 nitrogen and oxygen atoms in total. The van der Waals surface area contributed by atoms with Gasteiger partial charge in [-0.2, -0.15) is 4.72 Å². The van der Waals surface area contributed by atoms with Gasteiger partial charge in [-0.15, -0.1) is 0 Å². The number of hydrogen-bond acceptors (Lipinski definition) is 3. The lowest BCUT2D eigenvalue weighted by molar-refractivity contribution is 0.143. The third-order valence-electron chi connectivity index (χ3n) is 3.85. The molecule has 0 bridgehead atoms. The molecule has 9 heteroatoms. The van der Waals surface area contributed by atoms with Crippen LogP contribution >= 0.6 is 34.2 Å². The van der Waals surface area contributed by atoms with Crippen molar-refractivity contribution in [2.75, 3.05) is 13.3 Å². The van der Waals surface area contributed by atoms with Gasteiger partial charge in [-0.3, -0.25) is 0 Å². The second-order valence-electron chi connectivity index (χ2n) is 7.23. The van der Waals surface area contributed by atoms with Crippen molar-refractivity contribution in [2.24, 2.45) is 0 Å². The van der Waals surface area contributed by atoms with Gasteiger partial charge >= 0.3 is 0 Å². The SMILES string of the molecule is C[Si](C)(C)CCOCNS(=O)(=O)c1ccccc1-c1ccc(F)c(I)c1Cl. The Morgan fingerprint density at radius 1 is 1.15 bits per heavy atom. The molecule has 0 unspecified atom stereocenters. The highest BCUT2D eigenvalue weighted by Gasteiger charge is 2.21. The minimum atomic E-state index is -3.81. The van der Waals surface area contributed by atoms with Crippen LogP contribution in [0.1, 0.15) is 0 Å². The van der Waals surface area contributed by atoms with Gasteiger partial charge in [-0.05, 0) is 46.8 Å². The first kappa shape index (κ1) is 22.8. The quantitative estimate of drug-likeness (QED) is 0.161. The number of sulfonamides is 1. The minimum Gasteiger partial charge on any atom is -0.366 e. The van der Waals surface area contributed by atoms with Crippen molar-refractivity contribution >= 4 is 52.3 Å². The Hall–Kier alpha value is -0.523. The molecule has 0 amide bonds. The molecular weight excluding hydrogens is 520 g/mol. The van der Waals surface area contributed by atoms with E-state index in [9.17, 15) is 12.8 Å². The molecule has 2 aromatic rings. The molecule has 0 atom stereocenters. The van der Waals surface area contributed by atoms with Crippen molar-refractivity contribution in [1.29, 1.82) is 0 Å². The van der Waals surface area contributed by atoms with E-state index in [-0.39, 0.29) is 20.2 Å². The molecule has 27 heavy (non-hydrogen) atoms. The van der Waals surface area contributed by atoms with Crippen molar-refractivity contribution in [3.05, 3.63) is 50.8 Å². The fourth-order valence-corrected chi connectivity index (χ4v) is 4.91. The fourth-order valence-electron chi connectivity index (χ4n) is 2.30. The monoisotopic (exact) mass is 541 g/mol. The van der Waals surface area contributed by atoms with E-state index >= 15 is 0 Å². The van der Waals surface area contributed by atoms with Gasteiger partial charge in [0.05, 0.1) is 13.5 Å². The highest BCUT2D eigenvalue weighted by Crippen LogP contribution is 2.36. The molecule has 0 fully saturated rings. The lowest BCUT2D eigenvalue weighted by atomic mass is 10.1. The summed E-state index contributed by atoms with van der Waals surface area (Å²) in [5.74, 6) is -0.446. The number of halogens is 3. The smallest absolute Gasteiger partial charge is 0.243 e. The molecule has 148 valence electrons. The zero-order valence-corrected chi connectivity index (χ0v) is 20.1. The molecule has 2 aromatic carbocycles. The van der Waals surface area contributed by atoms with E-state index in [0.717, 1.165) is 6.04 Å². The molecule has 0 saturated carbocycles. The van der Waals surface area contributed by atoms with Crippen LogP contribution in [0.2, 0.25) is 30.7 Å². The van der Waals surface area contributed by atoms with E-state index in [1.54, 1.807) is 40.8 Å². The maximum atomic E-state index is 13.7. The molecule has 0 aliphatic rings. The number of hydrogen-bond donors (Lipinski definition) is 1. The van der Waals surface area contributed by atoms with Crippen LogP contribution in [0.25, 0.3) is 11.1 Å². The Morgan fingerprint density at radius 2 is 1.81 bits per heavy atom. The van der Waals surface area contributed by atoms with Crippen molar-refractivity contribution in [2.45, 2.75) is 30.6 Å². The average molecular weight is 542 g/mol. The Kier molecular flexibility index (Phi) is 7.85. The van der Waals surface area contributed by atoms with Crippen molar-refractivity contribution in [1.82, 2.24) is 4.72 Å². The second-order valence-corrected chi connectivity index (χ2v) is 16.0. The Bertz CT molecular complexity index is 919. The van der Waals surface area contributed by atoms with Gasteiger partial charge in [0, 0.05) is 25.8 Å². The molecule has 2 rings (SSSR count). The summed E-state index contributed by atoms with van der Waals surface area (Å²) in [5, 5.41) is 0.185. The Labute approximate surface area is 179 Å². The first-order valence-electron chi connectivity index (χ1n) is 8.33. The molecule has 0 aromatic heterocycles. The number of nitrogens with one attached hydrogen (secondary N) is 1. The van der Waals surface area contributed by atoms with E-state index in [1.807, 2.05) is 0 Å². The van der Waals surface area contributed by atoms with E-state index in [4.69, 9.17) is 16.3 Å². The summed E-state index contributed by atoms with van der Waals surface area (Å²) < 4.78 is 47.3. The van der Waals surface area contributed by atoms with Gasteiger partial charge in [0.25, 0.3) is 0 Å². The first-order chi connectivity index (χ1) is 12.5. The van der Waals surface area contributed by atoms with E-state index in [0.29, 0.717) is 17.7 Å². The van der Waals surface area contributed by atoms with Crippen LogP contribution in [0.3, 0.4) is 0 Å². The van der Waals surface area contributed by atoms with Crippen molar-refractivity contribution < 1.29 is 17.5 Å². The third-order valence-corrected chi connectivity index (χ3v) is 8.75. The molecule has 0 radical (unpaired) electrons. The molecule has 0 saturated heterocycles. The topological polar surface area (TPSA) is 55.4 Å². The zero-order chi connectivity index (χ0) is 20.2. The largest absolute Gasteiger partial charge is 0.366 e. The van der Waals surface area contributed by atoms with Crippen LogP contribution < -0.4 is 4.72 Å². The van der Waals surface area contributed by atoms with Crippen LogP contribution in [-0.2, 0) is 14.8 Å². The lowest BCUT2D eigenvalue weighted by Gasteiger charge is -2.16. The highest BCUT2D eigenvalue weighted by molar-refractivity contribution is 14.1. The minimum absolute atomic E-state index is 0.0723. The van der Waals surface area contributed by atoms with Crippen LogP contribution in [0.15, 0.2) is 41.3 Å². The third kappa shape index (κ3) is 6.23. The summed E-state index contributed by atoms with van der Waals surface area (Å²) in [6.45, 7) is 7.09. The zero-order valence-electron chi connectivity index (χ0n) is 15.4. The van der Waals surface area contributed by atoms with E-state index in [2.05, 4.69) is 24.4 Å². The van der Waals surface area contributed by atoms with Gasteiger partial charge in [-0.1, -0.05) is 49.4 Å². The first-order valence-corrected chi connectivity index (χ1v) is 15.0. The average Bonchev–Trinajstić information content (AvgIpc) is 2.58.